The van der Waals surface area contributed by atoms with Gasteiger partial charge in [-0.3, -0.25) is 4.79 Å². The van der Waals surface area contributed by atoms with Crippen molar-refractivity contribution in [2.24, 2.45) is 5.73 Å². The largest absolute Gasteiger partial charge is 0.394 e. The summed E-state index contributed by atoms with van der Waals surface area (Å²) < 4.78 is 0. The minimum atomic E-state index is -0.604. The Hall–Kier alpha value is -1.39. The summed E-state index contributed by atoms with van der Waals surface area (Å²) in [5, 5.41) is 11.8. The van der Waals surface area contributed by atoms with E-state index in [0.29, 0.717) is 0 Å². The van der Waals surface area contributed by atoms with E-state index < -0.39 is 5.54 Å². The third kappa shape index (κ3) is 4.54. The quantitative estimate of drug-likeness (QED) is 0.713. The van der Waals surface area contributed by atoms with Crippen LogP contribution in [0.4, 0.5) is 0 Å². The number of rotatable bonds is 5. The van der Waals surface area contributed by atoms with E-state index in [9.17, 15) is 4.79 Å². The van der Waals surface area contributed by atoms with Gasteiger partial charge in [-0.15, -0.1) is 0 Å². The molecule has 94 valence electrons. The molecular formula is C13H20N2O2. The van der Waals surface area contributed by atoms with Gasteiger partial charge in [0.2, 0.25) is 5.91 Å². The Bertz CT molecular complexity index is 363. The van der Waals surface area contributed by atoms with Crippen LogP contribution in [-0.4, -0.2) is 23.2 Å². The summed E-state index contributed by atoms with van der Waals surface area (Å²) in [6.45, 7) is 3.43. The Balaban J connectivity index is 2.52. The molecule has 1 amide bonds. The number of amides is 1. The molecule has 4 heteroatoms. The standard InChI is InChI=1S/C13H20N2O2/c1-13(2,9-16)15-12(17)8-11(14)10-6-4-3-5-7-10/h3-7,11,16H,8-9,14H2,1-2H3,(H,15,17). The monoisotopic (exact) mass is 236 g/mol. The van der Waals surface area contributed by atoms with Crippen LogP contribution in [0.3, 0.4) is 0 Å². The van der Waals surface area contributed by atoms with Gasteiger partial charge in [0.15, 0.2) is 0 Å². The number of hydrogen-bond acceptors (Lipinski definition) is 3. The number of benzene rings is 1. The summed E-state index contributed by atoms with van der Waals surface area (Å²) in [7, 11) is 0. The van der Waals surface area contributed by atoms with Gasteiger partial charge >= 0.3 is 0 Å². The molecule has 0 saturated carbocycles. The van der Waals surface area contributed by atoms with Crippen molar-refractivity contribution < 1.29 is 9.90 Å². The van der Waals surface area contributed by atoms with Crippen LogP contribution in [0.5, 0.6) is 0 Å². The Morgan fingerprint density at radius 2 is 2.00 bits per heavy atom. The van der Waals surface area contributed by atoms with Gasteiger partial charge in [-0.1, -0.05) is 30.3 Å². The highest BCUT2D eigenvalue weighted by atomic mass is 16.3. The summed E-state index contributed by atoms with van der Waals surface area (Å²) in [6.07, 6.45) is 0.216. The molecule has 1 unspecified atom stereocenters. The van der Waals surface area contributed by atoms with Crippen LogP contribution in [0.15, 0.2) is 30.3 Å². The summed E-state index contributed by atoms with van der Waals surface area (Å²) >= 11 is 0. The van der Waals surface area contributed by atoms with Crippen LogP contribution < -0.4 is 11.1 Å². The van der Waals surface area contributed by atoms with Crippen molar-refractivity contribution in [3.8, 4) is 0 Å². The van der Waals surface area contributed by atoms with Crippen molar-refractivity contribution in [3.05, 3.63) is 35.9 Å². The maximum Gasteiger partial charge on any atom is 0.222 e. The molecule has 1 aromatic rings. The molecule has 0 aliphatic rings. The maximum atomic E-state index is 11.7. The molecule has 0 aromatic heterocycles. The second-order valence-electron chi connectivity index (χ2n) is 4.81. The first kappa shape index (κ1) is 13.7. The first-order valence-electron chi connectivity index (χ1n) is 5.67. The number of aliphatic hydroxyl groups is 1. The Morgan fingerprint density at radius 3 is 2.53 bits per heavy atom. The molecule has 1 aromatic carbocycles. The van der Waals surface area contributed by atoms with Gasteiger partial charge in [0, 0.05) is 12.5 Å². The lowest BCUT2D eigenvalue weighted by Gasteiger charge is -2.24. The second kappa shape index (κ2) is 5.80. The van der Waals surface area contributed by atoms with Gasteiger partial charge in [0.1, 0.15) is 0 Å². The average Bonchev–Trinajstić information content (AvgIpc) is 2.29. The maximum absolute atomic E-state index is 11.7. The fourth-order valence-electron chi connectivity index (χ4n) is 1.49. The van der Waals surface area contributed by atoms with Crippen molar-refractivity contribution in [3.63, 3.8) is 0 Å². The van der Waals surface area contributed by atoms with Crippen molar-refractivity contribution >= 4 is 5.91 Å². The molecule has 0 spiro atoms. The lowest BCUT2D eigenvalue weighted by Crippen LogP contribution is -2.46. The van der Waals surface area contributed by atoms with E-state index in [4.69, 9.17) is 10.8 Å². The molecule has 0 aliphatic heterocycles. The van der Waals surface area contributed by atoms with Crippen LogP contribution in [-0.2, 0) is 4.79 Å². The summed E-state index contributed by atoms with van der Waals surface area (Å²) in [5.41, 5.74) is 6.26. The van der Waals surface area contributed by atoms with E-state index in [2.05, 4.69) is 5.32 Å². The highest BCUT2D eigenvalue weighted by Gasteiger charge is 2.20. The molecule has 0 saturated heterocycles. The molecular weight excluding hydrogens is 216 g/mol. The number of carbonyl (C=O) groups excluding carboxylic acids is 1. The predicted octanol–water partition coefficient (Wildman–Crippen LogP) is 0.964. The zero-order chi connectivity index (χ0) is 12.9. The first-order valence-corrected chi connectivity index (χ1v) is 5.67. The third-order valence-electron chi connectivity index (χ3n) is 2.51. The zero-order valence-electron chi connectivity index (χ0n) is 10.3. The lowest BCUT2D eigenvalue weighted by atomic mass is 10.0. The van der Waals surface area contributed by atoms with E-state index in [1.807, 2.05) is 30.3 Å². The van der Waals surface area contributed by atoms with E-state index in [1.165, 1.54) is 0 Å². The minimum absolute atomic E-state index is 0.0979. The van der Waals surface area contributed by atoms with Crippen LogP contribution in [0.2, 0.25) is 0 Å². The van der Waals surface area contributed by atoms with E-state index in [0.717, 1.165) is 5.56 Å². The van der Waals surface area contributed by atoms with Gasteiger partial charge in [0.25, 0.3) is 0 Å². The molecule has 0 radical (unpaired) electrons. The normalized spacial score (nSPS) is 13.2. The molecule has 4 N–H and O–H groups in total. The summed E-state index contributed by atoms with van der Waals surface area (Å²) in [6, 6.07) is 9.18. The Labute approximate surface area is 102 Å². The highest BCUT2D eigenvalue weighted by molar-refractivity contribution is 5.77. The average molecular weight is 236 g/mol. The SMILES string of the molecule is CC(C)(CO)NC(=O)CC(N)c1ccccc1. The minimum Gasteiger partial charge on any atom is -0.394 e. The van der Waals surface area contributed by atoms with Gasteiger partial charge in [0.05, 0.1) is 12.1 Å². The van der Waals surface area contributed by atoms with Crippen molar-refractivity contribution in [2.75, 3.05) is 6.61 Å². The Morgan fingerprint density at radius 1 is 1.41 bits per heavy atom. The third-order valence-corrected chi connectivity index (χ3v) is 2.51. The molecule has 1 rings (SSSR count). The molecule has 0 fully saturated rings. The molecule has 4 nitrogen and oxygen atoms in total. The summed E-state index contributed by atoms with van der Waals surface area (Å²) in [5.74, 6) is -0.152. The topological polar surface area (TPSA) is 75.3 Å². The van der Waals surface area contributed by atoms with Crippen LogP contribution >= 0.6 is 0 Å². The van der Waals surface area contributed by atoms with E-state index >= 15 is 0 Å². The highest BCUT2D eigenvalue weighted by Crippen LogP contribution is 2.13. The summed E-state index contributed by atoms with van der Waals surface area (Å²) in [4.78, 5) is 11.7. The van der Waals surface area contributed by atoms with Crippen LogP contribution in [0, 0.1) is 0 Å². The number of aliphatic hydroxyl groups excluding tert-OH is 1. The van der Waals surface area contributed by atoms with E-state index in [1.54, 1.807) is 13.8 Å². The van der Waals surface area contributed by atoms with Crippen molar-refractivity contribution in [1.82, 2.24) is 5.32 Å². The van der Waals surface area contributed by atoms with Crippen LogP contribution in [0.1, 0.15) is 31.9 Å². The molecule has 1 atom stereocenters. The van der Waals surface area contributed by atoms with Gasteiger partial charge in [-0.05, 0) is 19.4 Å². The van der Waals surface area contributed by atoms with Gasteiger partial charge < -0.3 is 16.2 Å². The number of nitrogens with one attached hydrogen (secondary N) is 1. The molecule has 17 heavy (non-hydrogen) atoms. The second-order valence-corrected chi connectivity index (χ2v) is 4.81. The fraction of sp³-hybridized carbons (Fsp3) is 0.462. The lowest BCUT2D eigenvalue weighted by molar-refractivity contribution is -0.123. The number of nitrogens with two attached hydrogens (primary N) is 1. The zero-order valence-corrected chi connectivity index (χ0v) is 10.3. The van der Waals surface area contributed by atoms with Crippen LogP contribution in [0.25, 0.3) is 0 Å². The molecule has 0 aliphatic carbocycles. The van der Waals surface area contributed by atoms with Crippen molar-refractivity contribution in [2.45, 2.75) is 31.8 Å². The number of carbonyl (C=O) groups is 1. The van der Waals surface area contributed by atoms with Gasteiger partial charge in [-0.25, -0.2) is 0 Å². The van der Waals surface area contributed by atoms with Crippen molar-refractivity contribution in [1.29, 1.82) is 0 Å². The fourth-order valence-corrected chi connectivity index (χ4v) is 1.49. The number of hydrogen-bond donors (Lipinski definition) is 3. The smallest absolute Gasteiger partial charge is 0.222 e. The Kier molecular flexibility index (Phi) is 4.66. The predicted molar refractivity (Wildman–Crippen MR) is 67.3 cm³/mol. The molecule has 0 heterocycles. The molecule has 0 bridgehead atoms. The van der Waals surface area contributed by atoms with Gasteiger partial charge in [-0.2, -0.15) is 0 Å². The van der Waals surface area contributed by atoms with E-state index in [-0.39, 0.29) is 25.0 Å². The first-order chi connectivity index (χ1) is 7.94.